The molecule has 0 unspecified atom stereocenters. The van der Waals surface area contributed by atoms with Gasteiger partial charge in [0, 0.05) is 49.6 Å². The average molecular weight is 408 g/mol. The lowest BCUT2D eigenvalue weighted by molar-refractivity contribution is 0.0632. The lowest BCUT2D eigenvalue weighted by Gasteiger charge is -2.36. The zero-order valence-electron chi connectivity index (χ0n) is 18.6. The van der Waals surface area contributed by atoms with E-state index in [9.17, 15) is 4.79 Å². The van der Waals surface area contributed by atoms with Crippen molar-refractivity contribution in [2.45, 2.75) is 71.6 Å². The highest BCUT2D eigenvalue weighted by Crippen LogP contribution is 2.31. The van der Waals surface area contributed by atoms with Gasteiger partial charge in [0.15, 0.2) is 0 Å². The lowest BCUT2D eigenvalue weighted by Crippen LogP contribution is -2.48. The number of fused-ring (bicyclic) bond motifs is 3. The molecular formula is C24H33N5O. The predicted molar refractivity (Wildman–Crippen MR) is 120 cm³/mol. The number of amides is 1. The zero-order chi connectivity index (χ0) is 21.3. The molecular weight excluding hydrogens is 374 g/mol. The Hall–Kier alpha value is -2.47. The summed E-state index contributed by atoms with van der Waals surface area (Å²) in [6.45, 7) is 10.6. The first kappa shape index (κ1) is 20.8. The highest BCUT2D eigenvalue weighted by Gasteiger charge is 2.37. The van der Waals surface area contributed by atoms with Gasteiger partial charge in [-0.15, -0.1) is 0 Å². The van der Waals surface area contributed by atoms with E-state index in [0.717, 1.165) is 42.9 Å². The van der Waals surface area contributed by atoms with E-state index in [1.165, 1.54) is 6.42 Å². The van der Waals surface area contributed by atoms with Crippen LogP contribution < -0.4 is 5.32 Å². The molecule has 0 radical (unpaired) electrons. The van der Waals surface area contributed by atoms with Crippen LogP contribution in [0.3, 0.4) is 0 Å². The van der Waals surface area contributed by atoms with Crippen molar-refractivity contribution in [2.24, 2.45) is 0 Å². The van der Waals surface area contributed by atoms with Crippen LogP contribution in [0.25, 0.3) is 0 Å². The second kappa shape index (κ2) is 8.72. The van der Waals surface area contributed by atoms with E-state index in [-0.39, 0.29) is 5.91 Å². The summed E-state index contributed by atoms with van der Waals surface area (Å²) in [4.78, 5) is 27.0. The molecule has 2 atom stereocenters. The van der Waals surface area contributed by atoms with Crippen molar-refractivity contribution in [1.82, 2.24) is 19.8 Å². The minimum absolute atomic E-state index is 0.0220. The van der Waals surface area contributed by atoms with E-state index in [0.29, 0.717) is 36.1 Å². The standard InChI is InChI=1S/C24H33N5O/c1-16(2)29-20-9-10-21(29)15-28(24(30)22-13-26-18(4)27-17(22)3)14-19-7-5-6-8-23(19)25-12-11-20/h5-8,13,16,20-21,25H,9-12,14-15H2,1-4H3/t20-,21+/m1/s1. The van der Waals surface area contributed by atoms with E-state index >= 15 is 0 Å². The third-order valence-electron chi connectivity index (χ3n) is 6.49. The minimum Gasteiger partial charge on any atom is -0.385 e. The molecule has 1 amide bonds. The molecule has 3 heterocycles. The average Bonchev–Trinajstić information content (AvgIpc) is 3.09. The maximum Gasteiger partial charge on any atom is 0.257 e. The van der Waals surface area contributed by atoms with Crippen molar-refractivity contribution in [2.75, 3.05) is 18.4 Å². The molecule has 1 aromatic heterocycles. The third-order valence-corrected chi connectivity index (χ3v) is 6.49. The Bertz CT molecular complexity index is 912. The maximum atomic E-state index is 13.6. The number of aryl methyl sites for hydroxylation is 2. The molecule has 0 spiro atoms. The van der Waals surface area contributed by atoms with Crippen LogP contribution in [-0.4, -0.2) is 56.9 Å². The van der Waals surface area contributed by atoms with Crippen molar-refractivity contribution in [3.05, 3.63) is 53.1 Å². The van der Waals surface area contributed by atoms with E-state index in [2.05, 4.69) is 58.3 Å². The van der Waals surface area contributed by atoms with Crippen molar-refractivity contribution >= 4 is 11.6 Å². The zero-order valence-corrected chi connectivity index (χ0v) is 18.6. The van der Waals surface area contributed by atoms with E-state index in [1.54, 1.807) is 6.20 Å². The molecule has 6 nitrogen and oxygen atoms in total. The summed E-state index contributed by atoms with van der Waals surface area (Å²) in [5.74, 6) is 0.717. The van der Waals surface area contributed by atoms with Crippen LogP contribution >= 0.6 is 0 Å². The van der Waals surface area contributed by atoms with Crippen LogP contribution in [0.15, 0.2) is 30.5 Å². The minimum atomic E-state index is 0.0220. The van der Waals surface area contributed by atoms with Crippen LogP contribution in [0.4, 0.5) is 5.69 Å². The van der Waals surface area contributed by atoms with Gasteiger partial charge in [-0.25, -0.2) is 9.97 Å². The Balaban J connectivity index is 1.71. The van der Waals surface area contributed by atoms with E-state index in [1.807, 2.05) is 18.7 Å². The molecule has 1 fully saturated rings. The van der Waals surface area contributed by atoms with Gasteiger partial charge in [0.25, 0.3) is 5.91 Å². The van der Waals surface area contributed by atoms with Crippen LogP contribution in [0.2, 0.25) is 0 Å². The quantitative estimate of drug-likeness (QED) is 0.821. The summed E-state index contributed by atoms with van der Waals surface area (Å²) in [5.41, 5.74) is 3.64. The Kier molecular flexibility index (Phi) is 6.04. The van der Waals surface area contributed by atoms with Gasteiger partial charge in [-0.1, -0.05) is 18.2 Å². The summed E-state index contributed by atoms with van der Waals surface area (Å²) in [7, 11) is 0. The van der Waals surface area contributed by atoms with Crippen LogP contribution in [-0.2, 0) is 6.54 Å². The molecule has 160 valence electrons. The molecule has 0 saturated carbocycles. The second-order valence-corrected chi connectivity index (χ2v) is 8.90. The Morgan fingerprint density at radius 3 is 2.67 bits per heavy atom. The van der Waals surface area contributed by atoms with Gasteiger partial charge in [0.1, 0.15) is 5.82 Å². The number of carbonyl (C=O) groups excluding carboxylic acids is 1. The Morgan fingerprint density at radius 2 is 1.90 bits per heavy atom. The Morgan fingerprint density at radius 1 is 1.13 bits per heavy atom. The topological polar surface area (TPSA) is 61.4 Å². The number of aromatic nitrogens is 2. The van der Waals surface area contributed by atoms with Crippen molar-refractivity contribution in [1.29, 1.82) is 0 Å². The van der Waals surface area contributed by atoms with Gasteiger partial charge < -0.3 is 10.2 Å². The van der Waals surface area contributed by atoms with Crippen LogP contribution in [0.5, 0.6) is 0 Å². The first-order chi connectivity index (χ1) is 14.4. The van der Waals surface area contributed by atoms with Gasteiger partial charge in [-0.2, -0.15) is 0 Å². The van der Waals surface area contributed by atoms with Crippen LogP contribution in [0, 0.1) is 13.8 Å². The summed E-state index contributed by atoms with van der Waals surface area (Å²) in [6, 6.07) is 9.76. The number of hydrogen-bond donors (Lipinski definition) is 1. The molecule has 2 aromatic rings. The monoisotopic (exact) mass is 407 g/mol. The van der Waals surface area contributed by atoms with Crippen LogP contribution in [0.1, 0.15) is 60.5 Å². The summed E-state index contributed by atoms with van der Waals surface area (Å²) < 4.78 is 0. The highest BCUT2D eigenvalue weighted by atomic mass is 16.2. The van der Waals surface area contributed by atoms with Crippen molar-refractivity contribution < 1.29 is 4.79 Å². The van der Waals surface area contributed by atoms with Crippen molar-refractivity contribution in [3.8, 4) is 0 Å². The fourth-order valence-corrected chi connectivity index (χ4v) is 5.15. The summed E-state index contributed by atoms with van der Waals surface area (Å²) in [5, 5.41) is 3.63. The third kappa shape index (κ3) is 4.19. The fourth-order valence-electron chi connectivity index (χ4n) is 5.15. The SMILES string of the molecule is Cc1ncc(C(=O)N2Cc3ccccc3NCC[C@H]3CC[C@@H](C2)N3C(C)C)c(C)n1. The number of anilines is 1. The number of carbonyl (C=O) groups is 1. The van der Waals surface area contributed by atoms with Gasteiger partial charge in [0.05, 0.1) is 11.3 Å². The normalized spacial score (nSPS) is 22.4. The fraction of sp³-hybridized carbons (Fsp3) is 0.542. The molecule has 2 aliphatic heterocycles. The molecule has 2 bridgehead atoms. The number of nitrogens with zero attached hydrogens (tertiary/aromatic N) is 4. The predicted octanol–water partition coefficient (Wildman–Crippen LogP) is 3.79. The lowest BCUT2D eigenvalue weighted by atomic mass is 10.1. The van der Waals surface area contributed by atoms with E-state index < -0.39 is 0 Å². The molecule has 6 heteroatoms. The molecule has 1 aromatic carbocycles. The molecule has 0 aliphatic carbocycles. The van der Waals surface area contributed by atoms with Gasteiger partial charge in [-0.3, -0.25) is 9.69 Å². The van der Waals surface area contributed by atoms with Gasteiger partial charge >= 0.3 is 0 Å². The number of para-hydroxylation sites is 1. The van der Waals surface area contributed by atoms with Gasteiger partial charge in [-0.05, 0) is 58.6 Å². The molecule has 30 heavy (non-hydrogen) atoms. The highest BCUT2D eigenvalue weighted by molar-refractivity contribution is 5.95. The number of benzene rings is 1. The molecule has 1 saturated heterocycles. The summed E-state index contributed by atoms with van der Waals surface area (Å²) in [6.07, 6.45) is 5.15. The Labute approximate surface area is 179 Å². The molecule has 2 aliphatic rings. The largest absolute Gasteiger partial charge is 0.385 e. The van der Waals surface area contributed by atoms with E-state index in [4.69, 9.17) is 0 Å². The first-order valence-electron chi connectivity index (χ1n) is 11.1. The molecule has 1 N–H and O–H groups in total. The smallest absolute Gasteiger partial charge is 0.257 e. The maximum absolute atomic E-state index is 13.6. The number of hydrogen-bond acceptors (Lipinski definition) is 5. The molecule has 4 rings (SSSR count). The second-order valence-electron chi connectivity index (χ2n) is 8.90. The number of rotatable bonds is 2. The first-order valence-corrected chi connectivity index (χ1v) is 11.1. The number of nitrogens with one attached hydrogen (secondary N) is 1. The summed E-state index contributed by atoms with van der Waals surface area (Å²) >= 11 is 0. The van der Waals surface area contributed by atoms with Gasteiger partial charge in [0.2, 0.25) is 0 Å². The van der Waals surface area contributed by atoms with Crippen molar-refractivity contribution in [3.63, 3.8) is 0 Å².